The van der Waals surface area contributed by atoms with Gasteiger partial charge in [0.05, 0.1) is 0 Å². The number of carboxylic acid groups (broad SMARTS) is 1. The Morgan fingerprint density at radius 1 is 0.857 bits per heavy atom. The maximum atomic E-state index is 12.7. The third-order valence-corrected chi connectivity index (χ3v) is 6.50. The number of ether oxygens (including phenoxy) is 3. The van der Waals surface area contributed by atoms with E-state index in [2.05, 4.69) is 5.32 Å². The van der Waals surface area contributed by atoms with Gasteiger partial charge in [0, 0.05) is 12.5 Å². The summed E-state index contributed by atoms with van der Waals surface area (Å²) in [6.07, 6.45) is -0.648. The summed E-state index contributed by atoms with van der Waals surface area (Å²) in [7, 11) is 0. The van der Waals surface area contributed by atoms with Gasteiger partial charge in [0.1, 0.15) is 30.4 Å². The molecule has 0 aliphatic heterocycles. The summed E-state index contributed by atoms with van der Waals surface area (Å²) in [4.78, 5) is 50.8. The zero-order valence-electron chi connectivity index (χ0n) is 25.3. The molecule has 0 spiro atoms. The normalized spacial score (nSPS) is 13.4. The highest BCUT2D eigenvalue weighted by atomic mass is 16.6. The van der Waals surface area contributed by atoms with Crippen LogP contribution in [0.4, 0.5) is 9.59 Å². The summed E-state index contributed by atoms with van der Waals surface area (Å²) in [6.45, 7) is 10.3. The average molecular weight is 583 g/mol. The molecule has 0 fully saturated rings. The number of carboxylic acids is 1. The molecule has 1 aliphatic rings. The van der Waals surface area contributed by atoms with Gasteiger partial charge in [-0.05, 0) is 83.1 Å². The molecule has 0 aromatic heterocycles. The van der Waals surface area contributed by atoms with Crippen molar-refractivity contribution in [2.45, 2.75) is 84.0 Å². The number of rotatable bonds is 11. The van der Waals surface area contributed by atoms with Crippen LogP contribution in [0.2, 0.25) is 0 Å². The molecule has 0 saturated carbocycles. The fraction of sp³-hybridized carbons (Fsp3) is 0.500. The number of nitrogens with zero attached hydrogens (tertiary/aromatic N) is 1. The average Bonchev–Trinajstić information content (AvgIpc) is 3.20. The van der Waals surface area contributed by atoms with E-state index < -0.39 is 41.4 Å². The Hall–Kier alpha value is -4.08. The van der Waals surface area contributed by atoms with Crippen molar-refractivity contribution in [1.29, 1.82) is 0 Å². The summed E-state index contributed by atoms with van der Waals surface area (Å²) in [5.74, 6) is -1.91. The number of amides is 2. The lowest BCUT2D eigenvalue weighted by Crippen LogP contribution is -2.43. The molecule has 1 unspecified atom stereocenters. The molecule has 0 saturated heterocycles. The van der Waals surface area contributed by atoms with Crippen LogP contribution in [0.25, 0.3) is 11.1 Å². The standard InChI is InChI=1S/C32H42N2O8/c1-31(2,3)41-27(35)19-34(30(39)42-32(4,5)6)18-12-11-17-26(28(36)37)33-29(38)40-20-25-23-15-9-7-13-21(23)22-14-8-10-16-24(22)25/h7-10,13-16,25-26H,11-12,17-20H2,1-6H3,(H,33,38)(H,36,37). The summed E-state index contributed by atoms with van der Waals surface area (Å²) in [5, 5.41) is 12.1. The minimum absolute atomic E-state index is 0.0711. The number of aliphatic carboxylic acids is 1. The highest BCUT2D eigenvalue weighted by Gasteiger charge is 2.30. The van der Waals surface area contributed by atoms with Gasteiger partial charge in [0.2, 0.25) is 0 Å². The van der Waals surface area contributed by atoms with E-state index in [1.54, 1.807) is 41.5 Å². The molecule has 1 aliphatic carbocycles. The second-order valence-corrected chi connectivity index (χ2v) is 12.3. The largest absolute Gasteiger partial charge is 0.480 e. The molecule has 10 heteroatoms. The van der Waals surface area contributed by atoms with Crippen molar-refractivity contribution in [2.75, 3.05) is 19.7 Å². The van der Waals surface area contributed by atoms with Crippen molar-refractivity contribution >= 4 is 24.1 Å². The summed E-state index contributed by atoms with van der Waals surface area (Å²) >= 11 is 0. The first-order valence-electron chi connectivity index (χ1n) is 14.2. The van der Waals surface area contributed by atoms with E-state index in [1.165, 1.54) is 4.90 Å². The van der Waals surface area contributed by atoms with Crippen LogP contribution in [-0.2, 0) is 23.8 Å². The Bertz CT molecular complexity index is 1230. The highest BCUT2D eigenvalue weighted by Crippen LogP contribution is 2.44. The molecule has 42 heavy (non-hydrogen) atoms. The van der Waals surface area contributed by atoms with Gasteiger partial charge in [-0.2, -0.15) is 0 Å². The summed E-state index contributed by atoms with van der Waals surface area (Å²) in [5.41, 5.74) is 2.83. The number of hydrogen-bond donors (Lipinski definition) is 2. The molecule has 2 aromatic carbocycles. The van der Waals surface area contributed by atoms with Gasteiger partial charge < -0.3 is 24.6 Å². The number of nitrogens with one attached hydrogen (secondary N) is 1. The molecular weight excluding hydrogens is 540 g/mol. The van der Waals surface area contributed by atoms with E-state index >= 15 is 0 Å². The Morgan fingerprint density at radius 2 is 1.40 bits per heavy atom. The first kappa shape index (κ1) is 32.4. The van der Waals surface area contributed by atoms with Gasteiger partial charge in [0.15, 0.2) is 0 Å². The van der Waals surface area contributed by atoms with Crippen LogP contribution in [0.1, 0.15) is 77.8 Å². The van der Waals surface area contributed by atoms with Crippen molar-refractivity contribution in [1.82, 2.24) is 10.2 Å². The molecule has 228 valence electrons. The SMILES string of the molecule is CC(C)(C)OC(=O)CN(CCCCC(NC(=O)OCC1c2ccccc2-c2ccccc21)C(=O)O)C(=O)OC(C)(C)C. The Kier molecular flexibility index (Phi) is 10.6. The van der Waals surface area contributed by atoms with Crippen LogP contribution in [0, 0.1) is 0 Å². The highest BCUT2D eigenvalue weighted by molar-refractivity contribution is 5.81. The molecule has 0 radical (unpaired) electrons. The Labute approximate surface area is 247 Å². The minimum atomic E-state index is -1.19. The lowest BCUT2D eigenvalue weighted by molar-refractivity contribution is -0.156. The van der Waals surface area contributed by atoms with Crippen LogP contribution in [0.3, 0.4) is 0 Å². The maximum Gasteiger partial charge on any atom is 0.410 e. The van der Waals surface area contributed by atoms with Crippen molar-refractivity contribution in [3.8, 4) is 11.1 Å². The topological polar surface area (TPSA) is 131 Å². The van der Waals surface area contributed by atoms with Gasteiger partial charge in [-0.3, -0.25) is 9.69 Å². The second-order valence-electron chi connectivity index (χ2n) is 12.3. The van der Waals surface area contributed by atoms with Gasteiger partial charge in [-0.15, -0.1) is 0 Å². The molecule has 1 atom stereocenters. The third-order valence-electron chi connectivity index (χ3n) is 6.50. The van der Waals surface area contributed by atoms with Crippen molar-refractivity contribution in [3.63, 3.8) is 0 Å². The molecule has 3 rings (SSSR count). The van der Waals surface area contributed by atoms with Gasteiger partial charge >= 0.3 is 24.1 Å². The monoisotopic (exact) mass is 582 g/mol. The van der Waals surface area contributed by atoms with Crippen LogP contribution in [0.15, 0.2) is 48.5 Å². The Morgan fingerprint density at radius 3 is 1.93 bits per heavy atom. The molecular formula is C32H42N2O8. The first-order valence-corrected chi connectivity index (χ1v) is 14.2. The molecule has 0 bridgehead atoms. The number of fused-ring (bicyclic) bond motifs is 3. The maximum absolute atomic E-state index is 12.7. The van der Waals surface area contributed by atoms with Gasteiger partial charge in [-0.1, -0.05) is 48.5 Å². The number of unbranched alkanes of at least 4 members (excludes halogenated alkanes) is 1. The molecule has 10 nitrogen and oxygen atoms in total. The number of esters is 1. The fourth-order valence-corrected chi connectivity index (χ4v) is 4.78. The van der Waals surface area contributed by atoms with Crippen LogP contribution >= 0.6 is 0 Å². The predicted molar refractivity (Wildman–Crippen MR) is 157 cm³/mol. The molecule has 2 N–H and O–H groups in total. The van der Waals surface area contributed by atoms with Crippen molar-refractivity contribution in [2.24, 2.45) is 0 Å². The molecule has 2 aromatic rings. The number of benzene rings is 2. The van der Waals surface area contributed by atoms with Crippen molar-refractivity contribution in [3.05, 3.63) is 59.7 Å². The number of carbonyl (C=O) groups excluding carboxylic acids is 3. The van der Waals surface area contributed by atoms with E-state index in [9.17, 15) is 24.3 Å². The van der Waals surface area contributed by atoms with E-state index in [0.717, 1.165) is 22.3 Å². The second kappa shape index (κ2) is 13.7. The zero-order chi connectivity index (χ0) is 31.1. The molecule has 2 amide bonds. The zero-order valence-corrected chi connectivity index (χ0v) is 25.3. The van der Waals surface area contributed by atoms with Gasteiger partial charge in [0.25, 0.3) is 0 Å². The lowest BCUT2D eigenvalue weighted by atomic mass is 9.98. The van der Waals surface area contributed by atoms with Crippen LogP contribution in [-0.4, -0.2) is 71.1 Å². The summed E-state index contributed by atoms with van der Waals surface area (Å²) in [6, 6.07) is 14.7. The van der Waals surface area contributed by atoms with E-state index in [-0.39, 0.29) is 32.0 Å². The quantitative estimate of drug-likeness (QED) is 0.195. The third kappa shape index (κ3) is 9.49. The van der Waals surface area contributed by atoms with E-state index in [1.807, 2.05) is 48.5 Å². The van der Waals surface area contributed by atoms with E-state index in [0.29, 0.717) is 12.8 Å². The van der Waals surface area contributed by atoms with Crippen LogP contribution in [0.5, 0.6) is 0 Å². The summed E-state index contributed by atoms with van der Waals surface area (Å²) < 4.78 is 16.3. The lowest BCUT2D eigenvalue weighted by Gasteiger charge is -2.28. The minimum Gasteiger partial charge on any atom is -0.480 e. The smallest absolute Gasteiger partial charge is 0.410 e. The predicted octanol–water partition coefficient (Wildman–Crippen LogP) is 5.73. The van der Waals surface area contributed by atoms with Crippen molar-refractivity contribution < 1.29 is 38.5 Å². The number of hydrogen-bond acceptors (Lipinski definition) is 7. The fourth-order valence-electron chi connectivity index (χ4n) is 4.78. The number of carbonyl (C=O) groups is 4. The Balaban J connectivity index is 1.53. The number of alkyl carbamates (subject to hydrolysis) is 1. The molecule has 0 heterocycles. The van der Waals surface area contributed by atoms with Gasteiger partial charge in [-0.25, -0.2) is 14.4 Å². The van der Waals surface area contributed by atoms with E-state index in [4.69, 9.17) is 14.2 Å². The first-order chi connectivity index (χ1) is 19.6. The van der Waals surface area contributed by atoms with Crippen LogP contribution < -0.4 is 5.32 Å².